The van der Waals surface area contributed by atoms with Crippen LogP contribution in [0.3, 0.4) is 0 Å². The van der Waals surface area contributed by atoms with E-state index in [-0.39, 0.29) is 11.8 Å². The molecule has 0 fully saturated rings. The van der Waals surface area contributed by atoms with E-state index in [1.165, 1.54) is 16.7 Å². The Kier molecular flexibility index (Phi) is 5.14. The van der Waals surface area contributed by atoms with Crippen molar-refractivity contribution in [2.45, 2.75) is 5.75 Å². The van der Waals surface area contributed by atoms with Crippen LogP contribution < -0.4 is 4.90 Å². The number of imide groups is 1. The van der Waals surface area contributed by atoms with E-state index >= 15 is 0 Å². The highest BCUT2D eigenvalue weighted by Crippen LogP contribution is 2.41. The number of hydrogen-bond acceptors (Lipinski definition) is 3. The average molecular weight is 422 g/mol. The Labute approximate surface area is 185 Å². The van der Waals surface area contributed by atoms with Gasteiger partial charge >= 0.3 is 0 Å². The molecular formula is C27H19NO2S. The SMILES string of the molecule is O=C1C(SCc2ccccc2)=C(c2ccccc2)C(=O)N1c1cccc2ccccc12. The summed E-state index contributed by atoms with van der Waals surface area (Å²) in [5.41, 5.74) is 2.96. The molecule has 5 rings (SSSR count). The molecule has 150 valence electrons. The van der Waals surface area contributed by atoms with E-state index in [0.29, 0.717) is 21.9 Å². The van der Waals surface area contributed by atoms with Crippen molar-refractivity contribution in [2.24, 2.45) is 0 Å². The summed E-state index contributed by atoms with van der Waals surface area (Å²) in [6.07, 6.45) is 0. The summed E-state index contributed by atoms with van der Waals surface area (Å²) in [7, 11) is 0. The van der Waals surface area contributed by atoms with Crippen molar-refractivity contribution < 1.29 is 9.59 Å². The number of thioether (sulfide) groups is 1. The van der Waals surface area contributed by atoms with Crippen LogP contribution in [0.15, 0.2) is 108 Å². The van der Waals surface area contributed by atoms with E-state index in [4.69, 9.17) is 0 Å². The third kappa shape index (κ3) is 3.56. The van der Waals surface area contributed by atoms with Gasteiger partial charge in [-0.25, -0.2) is 4.90 Å². The van der Waals surface area contributed by atoms with Gasteiger partial charge in [0.05, 0.1) is 16.2 Å². The topological polar surface area (TPSA) is 37.4 Å². The minimum Gasteiger partial charge on any atom is -0.268 e. The lowest BCUT2D eigenvalue weighted by atomic mass is 10.1. The number of benzene rings is 4. The summed E-state index contributed by atoms with van der Waals surface area (Å²) in [5, 5.41) is 1.88. The van der Waals surface area contributed by atoms with E-state index in [0.717, 1.165) is 21.9 Å². The maximum absolute atomic E-state index is 13.6. The van der Waals surface area contributed by atoms with Crippen LogP contribution in [0.5, 0.6) is 0 Å². The zero-order valence-corrected chi connectivity index (χ0v) is 17.5. The van der Waals surface area contributed by atoms with Gasteiger partial charge in [0.2, 0.25) is 0 Å². The normalized spacial score (nSPS) is 14.0. The molecule has 3 nitrogen and oxygen atoms in total. The Morgan fingerprint density at radius 2 is 1.29 bits per heavy atom. The van der Waals surface area contributed by atoms with E-state index in [1.54, 1.807) is 0 Å². The minimum absolute atomic E-state index is 0.263. The summed E-state index contributed by atoms with van der Waals surface area (Å²) < 4.78 is 0. The fraction of sp³-hybridized carbons (Fsp3) is 0.0370. The number of carbonyl (C=O) groups excluding carboxylic acids is 2. The van der Waals surface area contributed by atoms with Gasteiger partial charge in [0.25, 0.3) is 11.8 Å². The monoisotopic (exact) mass is 421 g/mol. The molecule has 1 aliphatic heterocycles. The van der Waals surface area contributed by atoms with Crippen LogP contribution in [0.2, 0.25) is 0 Å². The first kappa shape index (κ1) is 19.3. The zero-order valence-electron chi connectivity index (χ0n) is 16.7. The zero-order chi connectivity index (χ0) is 21.2. The standard InChI is InChI=1S/C27H19NO2S/c29-26-24(21-13-5-2-6-14-21)25(31-18-19-10-3-1-4-11-19)27(30)28(26)23-17-9-15-20-12-7-8-16-22(20)23/h1-17H,18H2. The second-order valence-corrected chi connectivity index (χ2v) is 8.27. The Bertz CT molecular complexity index is 1310. The summed E-state index contributed by atoms with van der Waals surface area (Å²) in [6, 6.07) is 33.0. The van der Waals surface area contributed by atoms with Gasteiger partial charge in [0.1, 0.15) is 0 Å². The van der Waals surface area contributed by atoms with Crippen LogP contribution in [-0.4, -0.2) is 11.8 Å². The molecule has 31 heavy (non-hydrogen) atoms. The lowest BCUT2D eigenvalue weighted by Crippen LogP contribution is -2.31. The molecule has 0 radical (unpaired) electrons. The maximum Gasteiger partial charge on any atom is 0.272 e. The summed E-state index contributed by atoms with van der Waals surface area (Å²) in [6.45, 7) is 0. The second-order valence-electron chi connectivity index (χ2n) is 7.29. The van der Waals surface area contributed by atoms with Crippen molar-refractivity contribution in [3.63, 3.8) is 0 Å². The molecule has 0 atom stereocenters. The summed E-state index contributed by atoms with van der Waals surface area (Å²) >= 11 is 1.42. The smallest absolute Gasteiger partial charge is 0.268 e. The number of nitrogens with zero attached hydrogens (tertiary/aromatic N) is 1. The minimum atomic E-state index is -0.275. The third-order valence-electron chi connectivity index (χ3n) is 5.34. The Morgan fingerprint density at radius 1 is 0.645 bits per heavy atom. The van der Waals surface area contributed by atoms with Crippen molar-refractivity contribution in [1.29, 1.82) is 0 Å². The molecule has 4 aromatic rings. The lowest BCUT2D eigenvalue weighted by molar-refractivity contribution is -0.119. The van der Waals surface area contributed by atoms with Gasteiger partial charge in [-0.3, -0.25) is 9.59 Å². The molecule has 4 aromatic carbocycles. The first-order chi connectivity index (χ1) is 15.2. The molecule has 0 aromatic heterocycles. The molecule has 0 unspecified atom stereocenters. The molecule has 0 saturated carbocycles. The maximum atomic E-state index is 13.6. The van der Waals surface area contributed by atoms with E-state index in [2.05, 4.69) is 0 Å². The Balaban J connectivity index is 1.60. The van der Waals surface area contributed by atoms with Gasteiger partial charge in [-0.2, -0.15) is 0 Å². The van der Waals surface area contributed by atoms with Crippen LogP contribution in [0.1, 0.15) is 11.1 Å². The first-order valence-corrected chi connectivity index (χ1v) is 11.1. The molecule has 1 heterocycles. The Hall–Kier alpha value is -3.63. The number of fused-ring (bicyclic) bond motifs is 1. The van der Waals surface area contributed by atoms with Crippen molar-refractivity contribution >= 4 is 45.6 Å². The van der Waals surface area contributed by atoms with Crippen molar-refractivity contribution in [1.82, 2.24) is 0 Å². The number of carbonyl (C=O) groups is 2. The highest BCUT2D eigenvalue weighted by molar-refractivity contribution is 8.03. The van der Waals surface area contributed by atoms with Crippen LogP contribution >= 0.6 is 11.8 Å². The highest BCUT2D eigenvalue weighted by atomic mass is 32.2. The fourth-order valence-corrected chi connectivity index (χ4v) is 4.92. The van der Waals surface area contributed by atoms with Gasteiger partial charge in [-0.05, 0) is 22.6 Å². The molecule has 4 heteroatoms. The largest absolute Gasteiger partial charge is 0.272 e. The van der Waals surface area contributed by atoms with E-state index in [1.807, 2.05) is 103 Å². The molecule has 0 N–H and O–H groups in total. The number of amides is 2. The van der Waals surface area contributed by atoms with E-state index < -0.39 is 0 Å². The van der Waals surface area contributed by atoms with Gasteiger partial charge in [-0.15, -0.1) is 11.8 Å². The van der Waals surface area contributed by atoms with Gasteiger partial charge in [-0.1, -0.05) is 97.1 Å². The van der Waals surface area contributed by atoms with Crippen LogP contribution in [0.4, 0.5) is 5.69 Å². The molecule has 0 saturated heterocycles. The van der Waals surface area contributed by atoms with Crippen LogP contribution in [-0.2, 0) is 15.3 Å². The quantitative estimate of drug-likeness (QED) is 0.368. The predicted molar refractivity (Wildman–Crippen MR) is 128 cm³/mol. The van der Waals surface area contributed by atoms with E-state index in [9.17, 15) is 9.59 Å². The molecule has 0 aliphatic carbocycles. The highest BCUT2D eigenvalue weighted by Gasteiger charge is 2.40. The second kappa shape index (κ2) is 8.25. The molecule has 0 bridgehead atoms. The van der Waals surface area contributed by atoms with Crippen molar-refractivity contribution in [2.75, 3.05) is 4.90 Å². The fourth-order valence-electron chi connectivity index (χ4n) is 3.85. The van der Waals surface area contributed by atoms with Gasteiger partial charge in [0, 0.05) is 11.1 Å². The van der Waals surface area contributed by atoms with Gasteiger partial charge < -0.3 is 0 Å². The molecule has 1 aliphatic rings. The number of hydrogen-bond donors (Lipinski definition) is 0. The van der Waals surface area contributed by atoms with Crippen molar-refractivity contribution in [3.8, 4) is 0 Å². The first-order valence-electron chi connectivity index (χ1n) is 10.1. The number of rotatable bonds is 5. The van der Waals surface area contributed by atoms with Crippen LogP contribution in [0, 0.1) is 0 Å². The summed E-state index contributed by atoms with van der Waals surface area (Å²) in [4.78, 5) is 29.0. The number of anilines is 1. The van der Waals surface area contributed by atoms with Gasteiger partial charge in [0.15, 0.2) is 0 Å². The third-order valence-corrected chi connectivity index (χ3v) is 6.48. The van der Waals surface area contributed by atoms with Crippen molar-refractivity contribution in [3.05, 3.63) is 119 Å². The Morgan fingerprint density at radius 3 is 2.06 bits per heavy atom. The predicted octanol–water partition coefficient (Wildman–Crippen LogP) is 6.06. The van der Waals surface area contributed by atoms with Crippen LogP contribution in [0.25, 0.3) is 16.3 Å². The molecule has 0 spiro atoms. The lowest BCUT2D eigenvalue weighted by Gasteiger charge is -2.17. The molecule has 2 amide bonds. The summed E-state index contributed by atoms with van der Waals surface area (Å²) in [5.74, 6) is 0.0822. The molecular weight excluding hydrogens is 402 g/mol. The average Bonchev–Trinajstić information content (AvgIpc) is 3.07.